The van der Waals surface area contributed by atoms with Gasteiger partial charge in [0.05, 0.1) is 20.6 Å². The fraction of sp³-hybridized carbons (Fsp3) is 0.286. The van der Waals surface area contributed by atoms with Crippen LogP contribution in [0.2, 0.25) is 15.1 Å². The number of nitrogens with one attached hydrogen (secondary N) is 1. The van der Waals surface area contributed by atoms with Crippen molar-refractivity contribution in [2.24, 2.45) is 0 Å². The Hall–Kier alpha value is -2.78. The van der Waals surface area contributed by atoms with Crippen molar-refractivity contribution in [1.82, 2.24) is 10.2 Å². The highest BCUT2D eigenvalue weighted by Gasteiger charge is 2.33. The molecular weight excluding hydrogens is 581 g/mol. The summed E-state index contributed by atoms with van der Waals surface area (Å²) < 4.78 is 28.5. The van der Waals surface area contributed by atoms with Crippen LogP contribution in [-0.4, -0.2) is 43.3 Å². The van der Waals surface area contributed by atoms with Crippen molar-refractivity contribution in [3.05, 3.63) is 93.4 Å². The third-order valence-corrected chi connectivity index (χ3v) is 8.51. The molecular formula is C28H30Cl3N3O4S. The third-order valence-electron chi connectivity index (χ3n) is 5.73. The molecule has 11 heteroatoms. The van der Waals surface area contributed by atoms with Crippen LogP contribution in [0, 0.1) is 0 Å². The predicted octanol–water partition coefficient (Wildman–Crippen LogP) is 6.17. The number of para-hydroxylation sites is 1. The van der Waals surface area contributed by atoms with Crippen LogP contribution < -0.4 is 9.62 Å². The summed E-state index contributed by atoms with van der Waals surface area (Å²) >= 11 is 18.2. The maximum absolute atomic E-state index is 13.9. The highest BCUT2D eigenvalue weighted by Crippen LogP contribution is 2.27. The van der Waals surface area contributed by atoms with E-state index in [2.05, 4.69) is 5.32 Å². The van der Waals surface area contributed by atoms with Crippen LogP contribution >= 0.6 is 34.8 Å². The Kier molecular flexibility index (Phi) is 9.93. The van der Waals surface area contributed by atoms with Crippen molar-refractivity contribution in [2.75, 3.05) is 10.8 Å². The molecule has 0 aliphatic rings. The number of benzene rings is 3. The second-order valence-corrected chi connectivity index (χ2v) is 13.1. The van der Waals surface area contributed by atoms with Crippen molar-refractivity contribution >= 4 is 62.3 Å². The smallest absolute Gasteiger partial charge is 0.264 e. The molecule has 3 rings (SSSR count). The minimum absolute atomic E-state index is 0.00191. The van der Waals surface area contributed by atoms with Crippen LogP contribution in [0.4, 0.5) is 5.69 Å². The normalized spacial score (nSPS) is 12.5. The monoisotopic (exact) mass is 609 g/mol. The van der Waals surface area contributed by atoms with Crippen molar-refractivity contribution < 1.29 is 18.0 Å². The zero-order valence-electron chi connectivity index (χ0n) is 22.0. The van der Waals surface area contributed by atoms with Gasteiger partial charge in [0.2, 0.25) is 11.8 Å². The molecule has 0 fully saturated rings. The average molecular weight is 611 g/mol. The molecule has 0 spiro atoms. The molecule has 2 amide bonds. The lowest BCUT2D eigenvalue weighted by molar-refractivity contribution is -0.140. The molecule has 3 aromatic carbocycles. The van der Waals surface area contributed by atoms with Crippen LogP contribution in [0.15, 0.2) is 77.7 Å². The molecule has 0 radical (unpaired) electrons. The molecule has 0 saturated carbocycles. The quantitative estimate of drug-likeness (QED) is 0.314. The van der Waals surface area contributed by atoms with Gasteiger partial charge in [-0.3, -0.25) is 13.9 Å². The zero-order chi connectivity index (χ0) is 29.0. The lowest BCUT2D eigenvalue weighted by Crippen LogP contribution is -2.54. The van der Waals surface area contributed by atoms with Gasteiger partial charge in [-0.1, -0.05) is 59.1 Å². The van der Waals surface area contributed by atoms with E-state index in [1.807, 2.05) is 20.8 Å². The molecule has 0 aliphatic carbocycles. The molecule has 0 saturated heterocycles. The number of amides is 2. The molecule has 208 valence electrons. The number of sulfonamides is 1. The van der Waals surface area contributed by atoms with Gasteiger partial charge in [0.1, 0.15) is 12.6 Å². The lowest BCUT2D eigenvalue weighted by Gasteiger charge is -2.33. The largest absolute Gasteiger partial charge is 0.350 e. The summed E-state index contributed by atoms with van der Waals surface area (Å²) in [5, 5.41) is 3.90. The van der Waals surface area contributed by atoms with Crippen LogP contribution in [0.25, 0.3) is 0 Å². The molecule has 0 aromatic heterocycles. The molecule has 1 atom stereocenters. The van der Waals surface area contributed by atoms with Crippen LogP contribution in [0.1, 0.15) is 33.3 Å². The van der Waals surface area contributed by atoms with Gasteiger partial charge in [-0.25, -0.2) is 8.42 Å². The first-order valence-electron chi connectivity index (χ1n) is 12.1. The Labute approximate surface area is 244 Å². The topological polar surface area (TPSA) is 86.8 Å². The van der Waals surface area contributed by atoms with Crippen molar-refractivity contribution in [3.63, 3.8) is 0 Å². The Balaban J connectivity index is 2.02. The minimum Gasteiger partial charge on any atom is -0.350 e. The van der Waals surface area contributed by atoms with Gasteiger partial charge in [-0.15, -0.1) is 0 Å². The minimum atomic E-state index is -4.17. The fourth-order valence-electron chi connectivity index (χ4n) is 3.75. The van der Waals surface area contributed by atoms with E-state index in [9.17, 15) is 18.0 Å². The van der Waals surface area contributed by atoms with E-state index in [0.29, 0.717) is 26.3 Å². The number of carbonyl (C=O) groups is 2. The Morgan fingerprint density at radius 3 is 2.08 bits per heavy atom. The summed E-state index contributed by atoms with van der Waals surface area (Å²) in [6.45, 7) is 6.54. The van der Waals surface area contributed by atoms with Crippen LogP contribution in [0.3, 0.4) is 0 Å². The molecule has 39 heavy (non-hydrogen) atoms. The van der Waals surface area contributed by atoms with Crippen molar-refractivity contribution in [2.45, 2.75) is 50.7 Å². The molecule has 0 aliphatic heterocycles. The molecule has 3 aromatic rings. The summed E-state index contributed by atoms with van der Waals surface area (Å²) in [5.41, 5.74) is 0.375. The number of carbonyl (C=O) groups excluding carboxylic acids is 2. The Bertz CT molecular complexity index is 1430. The van der Waals surface area contributed by atoms with E-state index < -0.39 is 34.1 Å². The SMILES string of the molecule is C[C@@H](C(=O)NC(C)(C)C)N(Cc1ccc(Cl)c(Cl)c1)C(=O)CN(c1ccccc1)S(=O)(=O)c1ccc(Cl)cc1. The predicted molar refractivity (Wildman–Crippen MR) is 157 cm³/mol. The van der Waals surface area contributed by atoms with Gasteiger partial charge in [-0.2, -0.15) is 0 Å². The highest BCUT2D eigenvalue weighted by atomic mass is 35.5. The van der Waals surface area contributed by atoms with E-state index in [-0.39, 0.29) is 17.3 Å². The number of rotatable bonds is 9. The van der Waals surface area contributed by atoms with Gasteiger partial charge in [0.25, 0.3) is 10.0 Å². The summed E-state index contributed by atoms with van der Waals surface area (Å²) in [4.78, 5) is 28.3. The van der Waals surface area contributed by atoms with Gasteiger partial charge in [-0.05, 0) is 81.8 Å². The maximum atomic E-state index is 13.9. The summed E-state index contributed by atoms with van der Waals surface area (Å²) in [7, 11) is -4.17. The van der Waals surface area contributed by atoms with E-state index in [1.165, 1.54) is 29.2 Å². The molecule has 7 nitrogen and oxygen atoms in total. The van der Waals surface area contributed by atoms with E-state index in [4.69, 9.17) is 34.8 Å². The first-order valence-corrected chi connectivity index (χ1v) is 14.7. The fourth-order valence-corrected chi connectivity index (χ4v) is 5.61. The number of anilines is 1. The molecule has 1 N–H and O–H groups in total. The second kappa shape index (κ2) is 12.6. The summed E-state index contributed by atoms with van der Waals surface area (Å²) in [6.07, 6.45) is 0. The molecule has 0 heterocycles. The first-order chi connectivity index (χ1) is 18.2. The Morgan fingerprint density at radius 1 is 0.897 bits per heavy atom. The van der Waals surface area contributed by atoms with Crippen LogP contribution in [0.5, 0.6) is 0 Å². The van der Waals surface area contributed by atoms with Crippen LogP contribution in [-0.2, 0) is 26.2 Å². The number of halogens is 3. The highest BCUT2D eigenvalue weighted by molar-refractivity contribution is 7.92. The van der Waals surface area contributed by atoms with Gasteiger partial charge in [0, 0.05) is 17.1 Å². The molecule has 0 unspecified atom stereocenters. The summed E-state index contributed by atoms with van der Waals surface area (Å²) in [5.74, 6) is -0.971. The van der Waals surface area contributed by atoms with E-state index in [1.54, 1.807) is 55.5 Å². The standard InChI is InChI=1S/C28H30Cl3N3O4S/c1-19(27(36)32-28(2,3)4)33(17-20-10-15-24(30)25(31)16-20)26(35)18-34(22-8-6-5-7-9-22)39(37,38)23-13-11-21(29)12-14-23/h5-16,19H,17-18H2,1-4H3,(H,32,36)/t19-/m0/s1. The third kappa shape index (κ3) is 8.11. The second-order valence-electron chi connectivity index (χ2n) is 9.99. The van der Waals surface area contributed by atoms with Crippen molar-refractivity contribution in [3.8, 4) is 0 Å². The van der Waals surface area contributed by atoms with Crippen molar-refractivity contribution in [1.29, 1.82) is 0 Å². The summed E-state index contributed by atoms with van der Waals surface area (Å²) in [6, 6.07) is 18.0. The molecule has 0 bridgehead atoms. The van der Waals surface area contributed by atoms with E-state index >= 15 is 0 Å². The van der Waals surface area contributed by atoms with Gasteiger partial charge in [0.15, 0.2) is 0 Å². The van der Waals surface area contributed by atoms with Gasteiger partial charge < -0.3 is 10.2 Å². The first kappa shape index (κ1) is 30.8. The van der Waals surface area contributed by atoms with E-state index in [0.717, 1.165) is 4.31 Å². The van der Waals surface area contributed by atoms with Gasteiger partial charge >= 0.3 is 0 Å². The zero-order valence-corrected chi connectivity index (χ0v) is 25.1. The Morgan fingerprint density at radius 2 is 1.51 bits per heavy atom. The number of hydrogen-bond acceptors (Lipinski definition) is 4. The number of hydrogen-bond donors (Lipinski definition) is 1. The maximum Gasteiger partial charge on any atom is 0.264 e. The average Bonchev–Trinajstić information content (AvgIpc) is 2.87. The lowest BCUT2D eigenvalue weighted by atomic mass is 10.1. The number of nitrogens with zero attached hydrogens (tertiary/aromatic N) is 2.